The zero-order valence-electron chi connectivity index (χ0n) is 20.9. The molecule has 1 fully saturated rings. The lowest BCUT2D eigenvalue weighted by Gasteiger charge is -2.32. The molecule has 0 unspecified atom stereocenters. The Labute approximate surface area is 227 Å². The average molecular weight is 527 g/mol. The van der Waals surface area contributed by atoms with Crippen molar-refractivity contribution in [2.75, 3.05) is 18.4 Å². The molecule has 1 aliphatic heterocycles. The number of halogens is 2. The fourth-order valence-corrected chi connectivity index (χ4v) is 5.00. The van der Waals surface area contributed by atoms with Gasteiger partial charge in [0, 0.05) is 24.2 Å². The van der Waals surface area contributed by atoms with E-state index in [0.29, 0.717) is 11.3 Å². The van der Waals surface area contributed by atoms with E-state index in [4.69, 9.17) is 16.6 Å². The number of carbonyl (C=O) groups is 1. The summed E-state index contributed by atoms with van der Waals surface area (Å²) in [6.45, 7) is 6.58. The van der Waals surface area contributed by atoms with Crippen LogP contribution < -0.4 is 5.32 Å². The number of hydrogen-bond donors (Lipinski definition) is 1. The van der Waals surface area contributed by atoms with Gasteiger partial charge >= 0.3 is 0 Å². The third-order valence-electron chi connectivity index (χ3n) is 6.90. The maximum absolute atomic E-state index is 13.2. The molecule has 0 bridgehead atoms. The maximum atomic E-state index is 13.2. The SMILES string of the molecule is C=Cc1ccc(NC(=O)c2ccnc(Cl)c2)c(C2CCN(Cc3ccc(-c4ccc(F)cc4)cc3)CC2)n1. The Kier molecular flexibility index (Phi) is 7.91. The zero-order valence-corrected chi connectivity index (χ0v) is 21.7. The number of anilines is 1. The predicted octanol–water partition coefficient (Wildman–Crippen LogP) is 7.21. The van der Waals surface area contributed by atoms with Crippen LogP contribution in [0.15, 0.2) is 85.6 Å². The summed E-state index contributed by atoms with van der Waals surface area (Å²) in [4.78, 5) is 24.1. The lowest BCUT2D eigenvalue weighted by Crippen LogP contribution is -2.33. The molecule has 3 heterocycles. The third-order valence-corrected chi connectivity index (χ3v) is 7.11. The van der Waals surface area contributed by atoms with Crippen molar-refractivity contribution in [3.63, 3.8) is 0 Å². The number of benzene rings is 2. The number of carbonyl (C=O) groups excluding carboxylic acids is 1. The predicted molar refractivity (Wildman–Crippen MR) is 151 cm³/mol. The van der Waals surface area contributed by atoms with E-state index in [1.165, 1.54) is 23.9 Å². The second-order valence-electron chi connectivity index (χ2n) is 9.45. The van der Waals surface area contributed by atoms with E-state index < -0.39 is 0 Å². The standard InChI is InChI=1S/C31H28ClFN4O/c1-2-27-11-12-28(36-31(38)25-13-16-34-29(32)19-25)30(35-27)24-14-17-37(18-15-24)20-21-3-5-22(6-4-21)23-7-9-26(33)10-8-23/h2-13,16,19,24H,1,14-15,17-18,20H2,(H,36,38). The Morgan fingerprint density at radius 2 is 1.71 bits per heavy atom. The minimum absolute atomic E-state index is 0.225. The van der Waals surface area contributed by atoms with Gasteiger partial charge in [-0.05, 0) is 85.1 Å². The van der Waals surface area contributed by atoms with Crippen molar-refractivity contribution in [1.82, 2.24) is 14.9 Å². The molecule has 5 rings (SSSR count). The highest BCUT2D eigenvalue weighted by Crippen LogP contribution is 2.33. The molecular formula is C31H28ClFN4O. The van der Waals surface area contributed by atoms with Gasteiger partial charge in [0.25, 0.3) is 5.91 Å². The van der Waals surface area contributed by atoms with Gasteiger partial charge in [0.2, 0.25) is 0 Å². The number of aromatic nitrogens is 2. The summed E-state index contributed by atoms with van der Waals surface area (Å²) < 4.78 is 13.2. The first-order valence-corrected chi connectivity index (χ1v) is 13.0. The second kappa shape index (κ2) is 11.7. The molecule has 1 saturated heterocycles. The van der Waals surface area contributed by atoms with Crippen LogP contribution >= 0.6 is 11.6 Å². The molecule has 7 heteroatoms. The molecule has 1 amide bonds. The molecule has 0 atom stereocenters. The first kappa shape index (κ1) is 25.8. The highest BCUT2D eigenvalue weighted by molar-refractivity contribution is 6.29. The van der Waals surface area contributed by atoms with Gasteiger partial charge in [0.15, 0.2) is 0 Å². The van der Waals surface area contributed by atoms with Crippen LogP contribution in [-0.2, 0) is 6.54 Å². The fourth-order valence-electron chi connectivity index (χ4n) is 4.83. The largest absolute Gasteiger partial charge is 0.320 e. The van der Waals surface area contributed by atoms with E-state index in [1.807, 2.05) is 12.1 Å². The molecule has 1 aliphatic rings. The van der Waals surface area contributed by atoms with E-state index >= 15 is 0 Å². The van der Waals surface area contributed by atoms with Crippen LogP contribution in [0, 0.1) is 5.82 Å². The molecule has 38 heavy (non-hydrogen) atoms. The third kappa shape index (κ3) is 6.15. The number of rotatable bonds is 7. The van der Waals surface area contributed by atoms with Gasteiger partial charge in [-0.25, -0.2) is 9.37 Å². The molecule has 0 saturated carbocycles. The van der Waals surface area contributed by atoms with Crippen LogP contribution in [0.5, 0.6) is 0 Å². The van der Waals surface area contributed by atoms with Crippen molar-refractivity contribution in [1.29, 1.82) is 0 Å². The normalized spacial score (nSPS) is 14.3. The monoisotopic (exact) mass is 526 g/mol. The highest BCUT2D eigenvalue weighted by atomic mass is 35.5. The maximum Gasteiger partial charge on any atom is 0.255 e. The smallest absolute Gasteiger partial charge is 0.255 e. The van der Waals surface area contributed by atoms with Gasteiger partial charge in [0.05, 0.1) is 17.1 Å². The molecule has 2 aromatic carbocycles. The second-order valence-corrected chi connectivity index (χ2v) is 9.84. The van der Waals surface area contributed by atoms with E-state index in [9.17, 15) is 9.18 Å². The van der Waals surface area contributed by atoms with Crippen molar-refractivity contribution < 1.29 is 9.18 Å². The summed E-state index contributed by atoms with van der Waals surface area (Å²) in [5.74, 6) is -0.248. The van der Waals surface area contributed by atoms with E-state index in [1.54, 1.807) is 30.3 Å². The van der Waals surface area contributed by atoms with Crippen molar-refractivity contribution in [2.45, 2.75) is 25.3 Å². The van der Waals surface area contributed by atoms with E-state index in [-0.39, 0.29) is 22.8 Å². The molecule has 2 aromatic heterocycles. The Morgan fingerprint density at radius 3 is 2.37 bits per heavy atom. The number of nitrogens with one attached hydrogen (secondary N) is 1. The van der Waals surface area contributed by atoms with Crippen LogP contribution in [0.25, 0.3) is 17.2 Å². The van der Waals surface area contributed by atoms with Crippen LogP contribution in [0.4, 0.5) is 10.1 Å². The van der Waals surface area contributed by atoms with Crippen molar-refractivity contribution in [3.05, 3.63) is 119 Å². The van der Waals surface area contributed by atoms with Gasteiger partial charge in [-0.1, -0.05) is 54.6 Å². The summed E-state index contributed by atoms with van der Waals surface area (Å²) in [5, 5.41) is 3.29. The van der Waals surface area contributed by atoms with Gasteiger partial charge in [-0.2, -0.15) is 0 Å². The van der Waals surface area contributed by atoms with E-state index in [0.717, 1.165) is 55.0 Å². The number of amides is 1. The van der Waals surface area contributed by atoms with Crippen LogP contribution in [0.2, 0.25) is 5.15 Å². The molecule has 1 N–H and O–H groups in total. The number of likely N-dealkylation sites (tertiary alicyclic amines) is 1. The fraction of sp³-hybridized carbons (Fsp3) is 0.194. The van der Waals surface area contributed by atoms with Crippen LogP contribution in [0.3, 0.4) is 0 Å². The number of nitrogens with zero attached hydrogens (tertiary/aromatic N) is 3. The van der Waals surface area contributed by atoms with Gasteiger partial charge in [-0.15, -0.1) is 0 Å². The van der Waals surface area contributed by atoms with Crippen LogP contribution in [0.1, 0.15) is 46.1 Å². The van der Waals surface area contributed by atoms with Gasteiger partial charge in [0.1, 0.15) is 11.0 Å². The Bertz CT molecular complexity index is 1430. The lowest BCUT2D eigenvalue weighted by atomic mass is 9.91. The average Bonchev–Trinajstić information content (AvgIpc) is 2.94. The number of piperidine rings is 1. The van der Waals surface area contributed by atoms with Gasteiger partial charge < -0.3 is 5.32 Å². The topological polar surface area (TPSA) is 58.1 Å². The molecule has 0 radical (unpaired) electrons. The molecular weight excluding hydrogens is 499 g/mol. The number of pyridine rings is 2. The minimum Gasteiger partial charge on any atom is -0.320 e. The summed E-state index contributed by atoms with van der Waals surface area (Å²) in [5.41, 5.74) is 6.15. The quantitative estimate of drug-likeness (QED) is 0.258. The van der Waals surface area contributed by atoms with E-state index in [2.05, 4.69) is 46.0 Å². The lowest BCUT2D eigenvalue weighted by molar-refractivity contribution is 0.102. The van der Waals surface area contributed by atoms with Crippen molar-refractivity contribution >= 4 is 29.3 Å². The first-order chi connectivity index (χ1) is 18.5. The molecule has 0 aliphatic carbocycles. The Hall–Kier alpha value is -3.87. The zero-order chi connectivity index (χ0) is 26.5. The molecule has 192 valence electrons. The molecule has 4 aromatic rings. The Balaban J connectivity index is 1.24. The van der Waals surface area contributed by atoms with Crippen molar-refractivity contribution in [3.8, 4) is 11.1 Å². The van der Waals surface area contributed by atoms with Gasteiger partial charge in [-0.3, -0.25) is 14.7 Å². The number of hydrogen-bond acceptors (Lipinski definition) is 4. The minimum atomic E-state index is -0.245. The highest BCUT2D eigenvalue weighted by Gasteiger charge is 2.25. The molecule has 0 spiro atoms. The summed E-state index contributed by atoms with van der Waals surface area (Å²) >= 11 is 5.97. The Morgan fingerprint density at radius 1 is 1.03 bits per heavy atom. The van der Waals surface area contributed by atoms with Crippen LogP contribution in [-0.4, -0.2) is 33.9 Å². The summed E-state index contributed by atoms with van der Waals surface area (Å²) in [6, 6.07) is 22.0. The summed E-state index contributed by atoms with van der Waals surface area (Å²) in [7, 11) is 0. The summed E-state index contributed by atoms with van der Waals surface area (Å²) in [6.07, 6.45) is 5.11. The first-order valence-electron chi connectivity index (χ1n) is 12.6. The molecule has 5 nitrogen and oxygen atoms in total. The van der Waals surface area contributed by atoms with Crippen molar-refractivity contribution in [2.24, 2.45) is 0 Å².